The molecule has 0 aliphatic heterocycles. The van der Waals surface area contributed by atoms with Crippen LogP contribution in [0.1, 0.15) is 30.7 Å². The van der Waals surface area contributed by atoms with Gasteiger partial charge in [-0.15, -0.1) is 11.3 Å². The second-order valence-corrected chi connectivity index (χ2v) is 7.56. The SMILES string of the molecule is CCN(CCNC(=NC)NCC(O)c1cc2ccccc2s1)C1CC1. The average Bonchev–Trinajstić information content (AvgIpc) is 3.38. The molecule has 1 saturated carbocycles. The molecule has 1 aliphatic rings. The molecule has 1 atom stereocenters. The van der Waals surface area contributed by atoms with E-state index in [1.165, 1.54) is 22.9 Å². The number of benzene rings is 1. The lowest BCUT2D eigenvalue weighted by Crippen LogP contribution is -2.43. The number of nitrogens with zero attached hydrogens (tertiary/aromatic N) is 2. The summed E-state index contributed by atoms with van der Waals surface area (Å²) in [6, 6.07) is 11.1. The Hall–Kier alpha value is -1.63. The number of hydrogen-bond donors (Lipinski definition) is 3. The minimum absolute atomic E-state index is 0.451. The van der Waals surface area contributed by atoms with Crippen molar-refractivity contribution in [2.24, 2.45) is 4.99 Å². The van der Waals surface area contributed by atoms with Crippen molar-refractivity contribution in [3.63, 3.8) is 0 Å². The van der Waals surface area contributed by atoms with Gasteiger partial charge in [0.25, 0.3) is 0 Å². The Labute approximate surface area is 153 Å². The number of likely N-dealkylation sites (N-methyl/N-ethyl adjacent to an activating group) is 1. The van der Waals surface area contributed by atoms with Crippen molar-refractivity contribution in [2.75, 3.05) is 33.2 Å². The molecule has 2 aromatic rings. The van der Waals surface area contributed by atoms with Crippen molar-refractivity contribution >= 4 is 27.4 Å². The fraction of sp³-hybridized carbons (Fsp3) is 0.526. The molecule has 0 amide bonds. The van der Waals surface area contributed by atoms with Crippen LogP contribution in [-0.2, 0) is 0 Å². The van der Waals surface area contributed by atoms with E-state index in [9.17, 15) is 5.11 Å². The first kappa shape index (κ1) is 18.2. The van der Waals surface area contributed by atoms with E-state index in [4.69, 9.17) is 0 Å². The molecule has 1 aromatic heterocycles. The molecule has 1 aliphatic carbocycles. The summed E-state index contributed by atoms with van der Waals surface area (Å²) in [5.74, 6) is 0.743. The second kappa shape index (κ2) is 8.65. The third-order valence-electron chi connectivity index (χ3n) is 4.62. The molecule has 136 valence electrons. The number of fused-ring (bicyclic) bond motifs is 1. The number of thiophene rings is 1. The summed E-state index contributed by atoms with van der Waals surface area (Å²) in [5.41, 5.74) is 0. The Morgan fingerprint density at radius 2 is 2.16 bits per heavy atom. The fourth-order valence-electron chi connectivity index (χ4n) is 3.04. The number of aliphatic hydroxyl groups is 1. The van der Waals surface area contributed by atoms with Gasteiger partial charge in [-0.3, -0.25) is 9.89 Å². The van der Waals surface area contributed by atoms with Gasteiger partial charge < -0.3 is 15.7 Å². The van der Waals surface area contributed by atoms with E-state index in [0.29, 0.717) is 6.54 Å². The maximum Gasteiger partial charge on any atom is 0.191 e. The summed E-state index contributed by atoms with van der Waals surface area (Å²) >= 11 is 1.64. The summed E-state index contributed by atoms with van der Waals surface area (Å²) in [5, 5.41) is 18.2. The van der Waals surface area contributed by atoms with E-state index in [1.807, 2.05) is 12.1 Å². The molecule has 25 heavy (non-hydrogen) atoms. The topological polar surface area (TPSA) is 59.9 Å². The van der Waals surface area contributed by atoms with E-state index in [-0.39, 0.29) is 0 Å². The maximum absolute atomic E-state index is 10.5. The molecule has 3 N–H and O–H groups in total. The zero-order valence-electron chi connectivity index (χ0n) is 15.0. The molecule has 1 unspecified atom stereocenters. The molecule has 3 rings (SSSR count). The molecule has 1 heterocycles. The van der Waals surface area contributed by atoms with Gasteiger partial charge in [0.2, 0.25) is 0 Å². The highest BCUT2D eigenvalue weighted by molar-refractivity contribution is 7.19. The lowest BCUT2D eigenvalue weighted by molar-refractivity contribution is 0.184. The van der Waals surface area contributed by atoms with Crippen LogP contribution in [0.25, 0.3) is 10.1 Å². The summed E-state index contributed by atoms with van der Waals surface area (Å²) in [4.78, 5) is 7.74. The molecule has 1 fully saturated rings. The van der Waals surface area contributed by atoms with E-state index in [1.54, 1.807) is 18.4 Å². The zero-order valence-corrected chi connectivity index (χ0v) is 15.9. The van der Waals surface area contributed by atoms with Gasteiger partial charge in [-0.1, -0.05) is 25.1 Å². The number of rotatable bonds is 8. The zero-order chi connectivity index (χ0) is 17.6. The fourth-order valence-corrected chi connectivity index (χ4v) is 4.09. The molecular formula is C19H28N4OS. The predicted octanol–water partition coefficient (Wildman–Crippen LogP) is 2.58. The Morgan fingerprint density at radius 3 is 2.84 bits per heavy atom. The van der Waals surface area contributed by atoms with Gasteiger partial charge >= 0.3 is 0 Å². The van der Waals surface area contributed by atoms with Crippen molar-refractivity contribution in [3.8, 4) is 0 Å². The third kappa shape index (κ3) is 4.93. The summed E-state index contributed by atoms with van der Waals surface area (Å²) in [6.45, 7) is 5.66. The van der Waals surface area contributed by atoms with Crippen molar-refractivity contribution < 1.29 is 5.11 Å². The Balaban J connectivity index is 1.45. The van der Waals surface area contributed by atoms with Crippen LogP contribution in [0.3, 0.4) is 0 Å². The van der Waals surface area contributed by atoms with Crippen LogP contribution in [0, 0.1) is 0 Å². The first-order valence-electron chi connectivity index (χ1n) is 9.06. The number of guanidine groups is 1. The van der Waals surface area contributed by atoms with Crippen molar-refractivity contribution in [1.82, 2.24) is 15.5 Å². The lowest BCUT2D eigenvalue weighted by atomic mass is 10.2. The number of aliphatic hydroxyl groups excluding tert-OH is 1. The average molecular weight is 361 g/mol. The molecule has 1 aromatic carbocycles. The molecule has 6 heteroatoms. The molecule has 0 saturated heterocycles. The van der Waals surface area contributed by atoms with Crippen molar-refractivity contribution in [1.29, 1.82) is 0 Å². The second-order valence-electron chi connectivity index (χ2n) is 6.44. The van der Waals surface area contributed by atoms with Gasteiger partial charge in [-0.05, 0) is 36.9 Å². The Bertz CT molecular complexity index is 677. The van der Waals surface area contributed by atoms with Crippen LogP contribution in [0.15, 0.2) is 35.3 Å². The molecule has 0 spiro atoms. The highest BCUT2D eigenvalue weighted by atomic mass is 32.1. The van der Waals surface area contributed by atoms with Gasteiger partial charge in [-0.2, -0.15) is 0 Å². The van der Waals surface area contributed by atoms with E-state index >= 15 is 0 Å². The number of hydrogen-bond acceptors (Lipinski definition) is 4. The van der Waals surface area contributed by atoms with Gasteiger partial charge in [0.05, 0.1) is 0 Å². The number of aliphatic imine (C=N–C) groups is 1. The molecule has 0 radical (unpaired) electrons. The van der Waals surface area contributed by atoms with Crippen LogP contribution in [0.4, 0.5) is 0 Å². The minimum atomic E-state index is -0.533. The van der Waals surface area contributed by atoms with Crippen LogP contribution in [-0.4, -0.2) is 55.2 Å². The standard InChI is InChI=1S/C19H28N4OS/c1-3-23(15-8-9-15)11-10-21-19(20-2)22-13-16(24)18-12-14-6-4-5-7-17(14)25-18/h4-7,12,15-16,24H,3,8-11,13H2,1-2H3,(H2,20,21,22). The van der Waals surface area contributed by atoms with E-state index < -0.39 is 6.10 Å². The van der Waals surface area contributed by atoms with Crippen LogP contribution in [0.5, 0.6) is 0 Å². The smallest absolute Gasteiger partial charge is 0.191 e. The van der Waals surface area contributed by atoms with Crippen molar-refractivity contribution in [3.05, 3.63) is 35.2 Å². The van der Waals surface area contributed by atoms with Gasteiger partial charge in [0.1, 0.15) is 6.10 Å². The highest BCUT2D eigenvalue weighted by Crippen LogP contribution is 2.29. The summed E-state index contributed by atoms with van der Waals surface area (Å²) in [7, 11) is 1.76. The van der Waals surface area contributed by atoms with Crippen molar-refractivity contribution in [2.45, 2.75) is 31.9 Å². The van der Waals surface area contributed by atoms with E-state index in [2.05, 4.69) is 45.6 Å². The van der Waals surface area contributed by atoms with Gasteiger partial charge in [0, 0.05) is 42.3 Å². The quantitative estimate of drug-likeness (QED) is 0.500. The van der Waals surface area contributed by atoms with Gasteiger partial charge in [-0.25, -0.2) is 0 Å². The van der Waals surface area contributed by atoms with Gasteiger partial charge in [0.15, 0.2) is 5.96 Å². The number of nitrogens with one attached hydrogen (secondary N) is 2. The third-order valence-corrected chi connectivity index (χ3v) is 5.84. The summed E-state index contributed by atoms with van der Waals surface area (Å²) < 4.78 is 1.21. The minimum Gasteiger partial charge on any atom is -0.386 e. The normalized spacial score (nSPS) is 16.4. The summed E-state index contributed by atoms with van der Waals surface area (Å²) in [6.07, 6.45) is 2.14. The molecular weight excluding hydrogens is 332 g/mol. The monoisotopic (exact) mass is 360 g/mol. The molecule has 0 bridgehead atoms. The Morgan fingerprint density at radius 1 is 1.36 bits per heavy atom. The van der Waals surface area contributed by atoms with E-state index in [0.717, 1.165) is 36.5 Å². The predicted molar refractivity (Wildman–Crippen MR) is 106 cm³/mol. The lowest BCUT2D eigenvalue weighted by Gasteiger charge is -2.21. The largest absolute Gasteiger partial charge is 0.386 e. The Kier molecular flexibility index (Phi) is 6.29. The maximum atomic E-state index is 10.5. The van der Waals surface area contributed by atoms with Crippen LogP contribution < -0.4 is 10.6 Å². The first-order chi connectivity index (χ1) is 12.2. The highest BCUT2D eigenvalue weighted by Gasteiger charge is 2.27. The van der Waals surface area contributed by atoms with Crippen LogP contribution in [0.2, 0.25) is 0 Å². The van der Waals surface area contributed by atoms with Crippen LogP contribution >= 0.6 is 11.3 Å². The first-order valence-corrected chi connectivity index (χ1v) is 9.88. The molecule has 5 nitrogen and oxygen atoms in total.